The maximum absolute atomic E-state index is 5.97. The Morgan fingerprint density at radius 1 is 1.31 bits per heavy atom. The van der Waals surface area contributed by atoms with E-state index in [4.69, 9.17) is 27.9 Å². The van der Waals surface area contributed by atoms with Gasteiger partial charge in [0.2, 0.25) is 0 Å². The van der Waals surface area contributed by atoms with Gasteiger partial charge in [0.05, 0.1) is 22.8 Å². The summed E-state index contributed by atoms with van der Waals surface area (Å²) < 4.78 is 5.71. The molecule has 90 valence electrons. The fraction of sp³-hybridized carbons (Fsp3) is 0.455. The Labute approximate surface area is 112 Å². The van der Waals surface area contributed by atoms with Gasteiger partial charge in [0.25, 0.3) is 0 Å². The van der Waals surface area contributed by atoms with Crippen LogP contribution < -0.4 is 5.32 Å². The minimum atomic E-state index is 0. The zero-order valence-electron chi connectivity index (χ0n) is 8.87. The molecular formula is C11H14Cl3NO. The van der Waals surface area contributed by atoms with Crippen molar-refractivity contribution in [3.8, 4) is 0 Å². The quantitative estimate of drug-likeness (QED) is 0.852. The molecule has 2 unspecified atom stereocenters. The van der Waals surface area contributed by atoms with Gasteiger partial charge >= 0.3 is 0 Å². The van der Waals surface area contributed by atoms with Crippen LogP contribution in [-0.4, -0.2) is 19.2 Å². The molecule has 1 aliphatic heterocycles. The van der Waals surface area contributed by atoms with Crippen LogP contribution in [0, 0.1) is 0 Å². The topological polar surface area (TPSA) is 21.3 Å². The molecule has 1 N–H and O–H groups in total. The molecule has 1 aromatic carbocycles. The third-order valence-electron chi connectivity index (χ3n) is 2.59. The van der Waals surface area contributed by atoms with Gasteiger partial charge in [0.1, 0.15) is 0 Å². The lowest BCUT2D eigenvalue weighted by atomic mass is 10.0. The van der Waals surface area contributed by atoms with Crippen LogP contribution in [0.4, 0.5) is 0 Å². The van der Waals surface area contributed by atoms with E-state index in [9.17, 15) is 0 Å². The average molecular weight is 283 g/mol. The van der Waals surface area contributed by atoms with Gasteiger partial charge in [-0.15, -0.1) is 12.4 Å². The third kappa shape index (κ3) is 3.02. The number of nitrogens with one attached hydrogen (secondary N) is 1. The molecule has 2 rings (SSSR count). The van der Waals surface area contributed by atoms with Crippen molar-refractivity contribution in [1.82, 2.24) is 5.32 Å². The maximum atomic E-state index is 5.97. The lowest BCUT2D eigenvalue weighted by Gasteiger charge is -2.30. The summed E-state index contributed by atoms with van der Waals surface area (Å²) in [6, 6.07) is 5.95. The summed E-state index contributed by atoms with van der Waals surface area (Å²) in [6.07, 6.45) is 0.0634. The second kappa shape index (κ2) is 6.08. The van der Waals surface area contributed by atoms with Crippen molar-refractivity contribution in [3.05, 3.63) is 33.8 Å². The van der Waals surface area contributed by atoms with Crippen LogP contribution in [0.1, 0.15) is 18.6 Å². The van der Waals surface area contributed by atoms with Crippen LogP contribution in [0.15, 0.2) is 18.2 Å². The monoisotopic (exact) mass is 281 g/mol. The number of morpholine rings is 1. The van der Waals surface area contributed by atoms with Gasteiger partial charge in [0.15, 0.2) is 0 Å². The SMILES string of the molecule is CC1NCCOC1c1ccc(Cl)c(Cl)c1.Cl. The standard InChI is InChI=1S/C11H13Cl2NO.ClH/c1-7-11(15-5-4-14-7)8-2-3-9(12)10(13)6-8;/h2-3,6-7,11,14H,4-5H2,1H3;1H. The fourth-order valence-corrected chi connectivity index (χ4v) is 2.10. The molecule has 1 heterocycles. The van der Waals surface area contributed by atoms with Crippen LogP contribution >= 0.6 is 35.6 Å². The van der Waals surface area contributed by atoms with Crippen LogP contribution in [0.2, 0.25) is 10.0 Å². The molecule has 5 heteroatoms. The average Bonchev–Trinajstić information content (AvgIpc) is 2.23. The Morgan fingerprint density at radius 2 is 2.06 bits per heavy atom. The first-order valence-electron chi connectivity index (χ1n) is 4.98. The van der Waals surface area contributed by atoms with Crippen molar-refractivity contribution < 1.29 is 4.74 Å². The van der Waals surface area contributed by atoms with Gasteiger partial charge in [-0.05, 0) is 24.6 Å². The first-order valence-corrected chi connectivity index (χ1v) is 5.74. The van der Waals surface area contributed by atoms with Crippen LogP contribution in [0.25, 0.3) is 0 Å². The van der Waals surface area contributed by atoms with E-state index in [2.05, 4.69) is 12.2 Å². The highest BCUT2D eigenvalue weighted by atomic mass is 35.5. The lowest BCUT2D eigenvalue weighted by molar-refractivity contribution is -0.000216. The Balaban J connectivity index is 0.00000128. The van der Waals surface area contributed by atoms with E-state index in [1.807, 2.05) is 18.2 Å². The number of rotatable bonds is 1. The molecule has 0 aromatic heterocycles. The van der Waals surface area contributed by atoms with E-state index < -0.39 is 0 Å². The zero-order valence-corrected chi connectivity index (χ0v) is 11.2. The molecule has 1 fully saturated rings. The molecule has 1 aromatic rings. The van der Waals surface area contributed by atoms with E-state index in [1.54, 1.807) is 0 Å². The second-order valence-electron chi connectivity index (χ2n) is 3.71. The smallest absolute Gasteiger partial charge is 0.0976 e. The van der Waals surface area contributed by atoms with Crippen molar-refractivity contribution in [1.29, 1.82) is 0 Å². The van der Waals surface area contributed by atoms with Crippen molar-refractivity contribution >= 4 is 35.6 Å². The summed E-state index contributed by atoms with van der Waals surface area (Å²) in [4.78, 5) is 0. The van der Waals surface area contributed by atoms with E-state index in [-0.39, 0.29) is 18.5 Å². The highest BCUT2D eigenvalue weighted by Crippen LogP contribution is 2.29. The highest BCUT2D eigenvalue weighted by molar-refractivity contribution is 6.42. The zero-order chi connectivity index (χ0) is 10.8. The van der Waals surface area contributed by atoms with Crippen molar-refractivity contribution in [3.63, 3.8) is 0 Å². The van der Waals surface area contributed by atoms with Gasteiger partial charge in [-0.1, -0.05) is 29.3 Å². The number of hydrogen-bond donors (Lipinski definition) is 1. The molecule has 1 aliphatic rings. The van der Waals surface area contributed by atoms with E-state index in [0.29, 0.717) is 16.1 Å². The van der Waals surface area contributed by atoms with Gasteiger partial charge in [-0.2, -0.15) is 0 Å². The van der Waals surface area contributed by atoms with E-state index in [0.717, 1.165) is 18.7 Å². The molecule has 0 amide bonds. The molecule has 2 atom stereocenters. The van der Waals surface area contributed by atoms with E-state index >= 15 is 0 Å². The molecule has 16 heavy (non-hydrogen) atoms. The third-order valence-corrected chi connectivity index (χ3v) is 3.33. The highest BCUT2D eigenvalue weighted by Gasteiger charge is 2.23. The Hall–Kier alpha value is 0.01000. The molecule has 0 bridgehead atoms. The first kappa shape index (κ1) is 14.1. The molecule has 0 saturated carbocycles. The number of hydrogen-bond acceptors (Lipinski definition) is 2. The number of benzene rings is 1. The fourth-order valence-electron chi connectivity index (χ4n) is 1.80. The Morgan fingerprint density at radius 3 is 2.69 bits per heavy atom. The predicted octanol–water partition coefficient (Wildman–Crippen LogP) is 3.46. The summed E-state index contributed by atoms with van der Waals surface area (Å²) in [5, 5.41) is 4.52. The van der Waals surface area contributed by atoms with Crippen molar-refractivity contribution in [2.24, 2.45) is 0 Å². The van der Waals surface area contributed by atoms with Gasteiger partial charge < -0.3 is 10.1 Å². The van der Waals surface area contributed by atoms with Gasteiger partial charge in [-0.3, -0.25) is 0 Å². The molecule has 0 radical (unpaired) electrons. The molecule has 0 spiro atoms. The first-order chi connectivity index (χ1) is 7.18. The molecule has 0 aliphatic carbocycles. The summed E-state index contributed by atoms with van der Waals surface area (Å²) in [5.41, 5.74) is 1.07. The van der Waals surface area contributed by atoms with Crippen molar-refractivity contribution in [2.45, 2.75) is 19.1 Å². The molecular weight excluding hydrogens is 268 g/mol. The Bertz CT molecular complexity index is 359. The summed E-state index contributed by atoms with van der Waals surface area (Å²) in [7, 11) is 0. The maximum Gasteiger partial charge on any atom is 0.0976 e. The number of ether oxygens (including phenoxy) is 1. The number of halogens is 3. The normalized spacial score (nSPS) is 24.9. The second-order valence-corrected chi connectivity index (χ2v) is 4.52. The largest absolute Gasteiger partial charge is 0.371 e. The van der Waals surface area contributed by atoms with Crippen LogP contribution in [-0.2, 0) is 4.74 Å². The van der Waals surface area contributed by atoms with E-state index in [1.165, 1.54) is 0 Å². The molecule has 2 nitrogen and oxygen atoms in total. The van der Waals surface area contributed by atoms with Crippen molar-refractivity contribution in [2.75, 3.05) is 13.2 Å². The van der Waals surface area contributed by atoms with Gasteiger partial charge in [-0.25, -0.2) is 0 Å². The van der Waals surface area contributed by atoms with Crippen LogP contribution in [0.3, 0.4) is 0 Å². The van der Waals surface area contributed by atoms with Crippen LogP contribution in [0.5, 0.6) is 0 Å². The predicted molar refractivity (Wildman–Crippen MR) is 69.9 cm³/mol. The lowest BCUT2D eigenvalue weighted by Crippen LogP contribution is -2.41. The van der Waals surface area contributed by atoms with Gasteiger partial charge in [0, 0.05) is 12.6 Å². The summed E-state index contributed by atoms with van der Waals surface area (Å²) >= 11 is 11.8. The minimum absolute atomic E-state index is 0. The summed E-state index contributed by atoms with van der Waals surface area (Å²) in [5.74, 6) is 0. The minimum Gasteiger partial charge on any atom is -0.371 e. The molecule has 1 saturated heterocycles. The summed E-state index contributed by atoms with van der Waals surface area (Å²) in [6.45, 7) is 3.74. The Kier molecular flexibility index (Phi) is 5.35.